The molecule has 0 aliphatic carbocycles. The third kappa shape index (κ3) is 4.84. The number of aromatic nitrogens is 1. The van der Waals surface area contributed by atoms with Crippen molar-refractivity contribution in [2.75, 3.05) is 5.32 Å². The number of carbonyl (C=O) groups excluding carboxylic acids is 1. The predicted octanol–water partition coefficient (Wildman–Crippen LogP) is 4.31. The molecule has 1 aromatic heterocycles. The maximum Gasteiger partial charge on any atom is 0.574 e. The summed E-state index contributed by atoms with van der Waals surface area (Å²) < 4.78 is 76.6. The van der Waals surface area contributed by atoms with Crippen molar-refractivity contribution in [3.05, 3.63) is 40.9 Å². The van der Waals surface area contributed by atoms with E-state index in [1.54, 1.807) is 0 Å². The number of alkyl halides is 6. The lowest BCUT2D eigenvalue weighted by molar-refractivity contribution is -0.274. The minimum Gasteiger partial charge on any atom is -0.378 e. The van der Waals surface area contributed by atoms with Crippen LogP contribution in [0.5, 0.6) is 5.19 Å². The molecule has 2 rings (SSSR count). The van der Waals surface area contributed by atoms with Gasteiger partial charge in [0.05, 0.1) is 11.8 Å². The molecule has 0 fully saturated rings. The minimum absolute atomic E-state index is 0.0506. The maximum atomic E-state index is 12.4. The number of thiazole rings is 1. The lowest BCUT2D eigenvalue weighted by Gasteiger charge is -2.08. The van der Waals surface area contributed by atoms with Gasteiger partial charge in [0.2, 0.25) is 0 Å². The first-order valence-corrected chi connectivity index (χ1v) is 6.56. The van der Waals surface area contributed by atoms with Crippen LogP contribution in [-0.4, -0.2) is 17.3 Å². The van der Waals surface area contributed by atoms with Crippen LogP contribution in [0, 0.1) is 0 Å². The fraction of sp³-hybridized carbons (Fsp3) is 0.167. The molecule has 124 valence electrons. The van der Waals surface area contributed by atoms with Crippen LogP contribution in [0.4, 0.5) is 32.0 Å². The summed E-state index contributed by atoms with van der Waals surface area (Å²) in [6.07, 6.45) is -8.58. The first-order chi connectivity index (χ1) is 10.5. The molecule has 0 aliphatic heterocycles. The van der Waals surface area contributed by atoms with Gasteiger partial charge in [0, 0.05) is 5.69 Å². The number of hydrogen-bond acceptors (Lipinski definition) is 4. The number of ether oxygens (including phenoxy) is 1. The molecule has 0 atom stereocenters. The molecule has 1 amide bonds. The van der Waals surface area contributed by atoms with E-state index in [1.165, 1.54) is 0 Å². The first-order valence-electron chi connectivity index (χ1n) is 5.75. The molecule has 1 heterocycles. The highest BCUT2D eigenvalue weighted by molar-refractivity contribution is 7.15. The van der Waals surface area contributed by atoms with Gasteiger partial charge in [-0.3, -0.25) is 4.79 Å². The van der Waals surface area contributed by atoms with Crippen LogP contribution < -0.4 is 10.1 Å². The van der Waals surface area contributed by atoms with Gasteiger partial charge in [0.15, 0.2) is 0 Å². The summed E-state index contributed by atoms with van der Waals surface area (Å²) in [7, 11) is 0. The van der Waals surface area contributed by atoms with Crippen LogP contribution in [-0.2, 0) is 6.18 Å². The number of hydrogen-bond donors (Lipinski definition) is 1. The molecular formula is C12H6F6N2O2S. The quantitative estimate of drug-likeness (QED) is 0.834. The van der Waals surface area contributed by atoms with Crippen molar-refractivity contribution < 1.29 is 35.9 Å². The highest BCUT2D eigenvalue weighted by Gasteiger charge is 2.33. The number of nitrogens with zero attached hydrogens (tertiary/aromatic N) is 1. The molecule has 1 N–H and O–H groups in total. The lowest BCUT2D eigenvalue weighted by atomic mass is 10.2. The summed E-state index contributed by atoms with van der Waals surface area (Å²) >= 11 is 0.349. The topological polar surface area (TPSA) is 51.2 Å². The number of nitrogens with one attached hydrogen (secondary N) is 1. The van der Waals surface area contributed by atoms with E-state index in [2.05, 4.69) is 15.0 Å². The van der Waals surface area contributed by atoms with E-state index in [0.29, 0.717) is 11.3 Å². The molecule has 1 aromatic carbocycles. The molecule has 0 unspecified atom stereocenters. The van der Waals surface area contributed by atoms with E-state index >= 15 is 0 Å². The summed E-state index contributed by atoms with van der Waals surface area (Å²) in [5.41, 5.74) is -0.844. The molecule has 0 aliphatic rings. The zero-order chi connectivity index (χ0) is 17.3. The van der Waals surface area contributed by atoms with Gasteiger partial charge in [-0.25, -0.2) is 4.98 Å². The van der Waals surface area contributed by atoms with Gasteiger partial charge >= 0.3 is 12.5 Å². The molecule has 0 spiro atoms. The summed E-state index contributed by atoms with van der Waals surface area (Å²) in [6.45, 7) is 0. The van der Waals surface area contributed by atoms with Crippen LogP contribution in [0.15, 0.2) is 30.5 Å². The van der Waals surface area contributed by atoms with E-state index in [9.17, 15) is 31.1 Å². The Kier molecular flexibility index (Phi) is 4.50. The van der Waals surface area contributed by atoms with Gasteiger partial charge in [-0.2, -0.15) is 13.2 Å². The predicted molar refractivity (Wildman–Crippen MR) is 68.2 cm³/mol. The van der Waals surface area contributed by atoms with E-state index < -0.39 is 29.2 Å². The molecule has 0 radical (unpaired) electrons. The number of carbonyl (C=O) groups is 1. The van der Waals surface area contributed by atoms with Crippen LogP contribution in [0.25, 0.3) is 0 Å². The number of halogens is 6. The molecule has 0 saturated carbocycles. The zero-order valence-electron chi connectivity index (χ0n) is 10.8. The molecule has 11 heteroatoms. The average molecular weight is 356 g/mol. The van der Waals surface area contributed by atoms with Gasteiger partial charge < -0.3 is 10.1 Å². The fourth-order valence-corrected chi connectivity index (χ4v) is 2.12. The normalized spacial score (nSPS) is 12.1. The van der Waals surface area contributed by atoms with Gasteiger partial charge in [-0.1, -0.05) is 11.3 Å². The average Bonchev–Trinajstić information content (AvgIpc) is 2.84. The van der Waals surface area contributed by atoms with Crippen molar-refractivity contribution >= 4 is 22.9 Å². The van der Waals surface area contributed by atoms with Crippen LogP contribution in [0.1, 0.15) is 15.2 Å². The van der Waals surface area contributed by atoms with Crippen LogP contribution in [0.3, 0.4) is 0 Å². The second-order valence-electron chi connectivity index (χ2n) is 4.07. The van der Waals surface area contributed by atoms with Crippen molar-refractivity contribution in [3.8, 4) is 5.19 Å². The Morgan fingerprint density at radius 3 is 2.22 bits per heavy atom. The van der Waals surface area contributed by atoms with Gasteiger partial charge in [-0.15, -0.1) is 13.2 Å². The zero-order valence-corrected chi connectivity index (χ0v) is 11.6. The van der Waals surface area contributed by atoms with Crippen LogP contribution in [0.2, 0.25) is 0 Å². The van der Waals surface area contributed by atoms with Crippen molar-refractivity contribution in [1.29, 1.82) is 0 Å². The summed E-state index contributed by atoms with van der Waals surface area (Å²) in [4.78, 5) is 14.9. The largest absolute Gasteiger partial charge is 0.574 e. The highest BCUT2D eigenvalue weighted by Crippen LogP contribution is 2.30. The van der Waals surface area contributed by atoms with Gasteiger partial charge in [-0.05, 0) is 24.3 Å². The number of anilines is 1. The molecule has 23 heavy (non-hydrogen) atoms. The monoisotopic (exact) mass is 356 g/mol. The molecule has 4 nitrogen and oxygen atoms in total. The molecule has 2 aromatic rings. The Labute approximate surface area is 128 Å². The molecular weight excluding hydrogens is 350 g/mol. The van der Waals surface area contributed by atoms with Crippen molar-refractivity contribution in [1.82, 2.24) is 4.98 Å². The Morgan fingerprint density at radius 2 is 1.70 bits per heavy atom. The number of amides is 1. The number of rotatable bonds is 3. The Bertz CT molecular complexity index is 693. The van der Waals surface area contributed by atoms with E-state index in [4.69, 9.17) is 0 Å². The summed E-state index contributed by atoms with van der Waals surface area (Å²) in [5.74, 6) is -0.820. The lowest BCUT2D eigenvalue weighted by Crippen LogP contribution is -2.16. The SMILES string of the molecule is O=C(Nc1ccc(C(F)(F)F)cc1)c1cnc(OC(F)(F)F)s1. The van der Waals surface area contributed by atoms with E-state index in [0.717, 1.165) is 30.5 Å². The molecule has 0 bridgehead atoms. The Balaban J connectivity index is 2.05. The Morgan fingerprint density at radius 1 is 1.09 bits per heavy atom. The summed E-state index contributed by atoms with van der Waals surface area (Å²) in [5, 5.41) is 1.47. The third-order valence-corrected chi connectivity index (χ3v) is 3.26. The smallest absolute Gasteiger partial charge is 0.378 e. The van der Waals surface area contributed by atoms with Gasteiger partial charge in [0.25, 0.3) is 11.1 Å². The highest BCUT2D eigenvalue weighted by atomic mass is 32.1. The molecule has 0 saturated heterocycles. The second kappa shape index (κ2) is 6.07. The third-order valence-electron chi connectivity index (χ3n) is 2.38. The van der Waals surface area contributed by atoms with E-state index in [-0.39, 0.29) is 10.6 Å². The van der Waals surface area contributed by atoms with E-state index in [1.807, 2.05) is 0 Å². The van der Waals surface area contributed by atoms with Crippen LogP contribution >= 0.6 is 11.3 Å². The van der Waals surface area contributed by atoms with Crippen molar-refractivity contribution in [3.63, 3.8) is 0 Å². The maximum absolute atomic E-state index is 12.4. The van der Waals surface area contributed by atoms with Gasteiger partial charge in [0.1, 0.15) is 4.88 Å². The fourth-order valence-electron chi connectivity index (χ4n) is 1.44. The first kappa shape index (κ1) is 17.1. The minimum atomic E-state index is -4.93. The summed E-state index contributed by atoms with van der Waals surface area (Å²) in [6, 6.07) is 3.57. The standard InChI is InChI=1S/C12H6F6N2O2S/c13-11(14,15)6-1-3-7(4-2-6)20-9(21)8-5-19-10(23-8)22-12(16,17)18/h1-5H,(H,20,21). The van der Waals surface area contributed by atoms with Crippen molar-refractivity contribution in [2.45, 2.75) is 12.5 Å². The second-order valence-corrected chi connectivity index (χ2v) is 5.06. The van der Waals surface area contributed by atoms with Crippen molar-refractivity contribution in [2.24, 2.45) is 0 Å². The number of benzene rings is 1. The Hall–Kier alpha value is -2.30.